The fraction of sp³-hybridized carbons (Fsp3) is 0.455. The summed E-state index contributed by atoms with van der Waals surface area (Å²) < 4.78 is 4.99. The van der Waals surface area contributed by atoms with Crippen molar-refractivity contribution in [1.82, 2.24) is 0 Å². The summed E-state index contributed by atoms with van der Waals surface area (Å²) in [7, 11) is 1.50. The first kappa shape index (κ1) is 15.0. The van der Waals surface area contributed by atoms with E-state index >= 15 is 0 Å². The van der Waals surface area contributed by atoms with Crippen LogP contribution >= 0.6 is 12.4 Å². The second kappa shape index (κ2) is 7.33. The fourth-order valence-electron chi connectivity index (χ4n) is 1.47. The highest BCUT2D eigenvalue weighted by atomic mass is 35.5. The fourth-order valence-corrected chi connectivity index (χ4v) is 1.47. The highest BCUT2D eigenvalue weighted by Gasteiger charge is 2.13. The number of hydrogen-bond donors (Lipinski definition) is 3. The molecule has 0 saturated heterocycles. The van der Waals surface area contributed by atoms with E-state index in [9.17, 15) is 5.11 Å². The lowest BCUT2D eigenvalue weighted by Crippen LogP contribution is -2.11. The van der Waals surface area contributed by atoms with E-state index in [4.69, 9.17) is 15.6 Å². The Morgan fingerprint density at radius 2 is 2.12 bits per heavy atom. The number of para-hydroxylation sites is 1. The SMILES string of the molecule is COc1cccc([C@@H](N)CCCO)c1O.Cl. The maximum absolute atomic E-state index is 9.79. The molecule has 0 heterocycles. The summed E-state index contributed by atoms with van der Waals surface area (Å²) in [4.78, 5) is 0. The van der Waals surface area contributed by atoms with E-state index in [2.05, 4.69) is 0 Å². The van der Waals surface area contributed by atoms with Gasteiger partial charge in [-0.15, -0.1) is 12.4 Å². The summed E-state index contributed by atoms with van der Waals surface area (Å²) in [5, 5.41) is 18.5. The Hall–Kier alpha value is -0.970. The number of aliphatic hydroxyl groups is 1. The number of benzene rings is 1. The molecule has 4 N–H and O–H groups in total. The normalized spacial score (nSPS) is 11.7. The van der Waals surface area contributed by atoms with Crippen LogP contribution in [-0.4, -0.2) is 23.9 Å². The summed E-state index contributed by atoms with van der Waals surface area (Å²) in [6, 6.07) is 4.96. The maximum Gasteiger partial charge on any atom is 0.162 e. The first-order valence-electron chi connectivity index (χ1n) is 4.93. The number of rotatable bonds is 5. The van der Waals surface area contributed by atoms with E-state index in [1.807, 2.05) is 0 Å². The van der Waals surface area contributed by atoms with Gasteiger partial charge in [0.2, 0.25) is 0 Å². The number of phenolic OH excluding ortho intramolecular Hbond substituents is 1. The van der Waals surface area contributed by atoms with Crippen molar-refractivity contribution in [2.75, 3.05) is 13.7 Å². The first-order chi connectivity index (χ1) is 7.20. The van der Waals surface area contributed by atoms with Gasteiger partial charge in [-0.2, -0.15) is 0 Å². The molecule has 4 nitrogen and oxygen atoms in total. The van der Waals surface area contributed by atoms with E-state index in [0.717, 1.165) is 0 Å². The Morgan fingerprint density at radius 3 is 2.69 bits per heavy atom. The number of nitrogens with two attached hydrogens (primary N) is 1. The van der Waals surface area contributed by atoms with Crippen LogP contribution < -0.4 is 10.5 Å². The van der Waals surface area contributed by atoms with Crippen LogP contribution in [0.4, 0.5) is 0 Å². The van der Waals surface area contributed by atoms with Crippen LogP contribution in [0.5, 0.6) is 11.5 Å². The zero-order valence-corrected chi connectivity index (χ0v) is 10.0. The van der Waals surface area contributed by atoms with Crippen molar-refractivity contribution in [3.05, 3.63) is 23.8 Å². The van der Waals surface area contributed by atoms with Gasteiger partial charge in [0.15, 0.2) is 11.5 Å². The first-order valence-corrected chi connectivity index (χ1v) is 4.93. The topological polar surface area (TPSA) is 75.7 Å². The molecule has 0 fully saturated rings. The number of methoxy groups -OCH3 is 1. The second-order valence-corrected chi connectivity index (χ2v) is 3.37. The number of halogens is 1. The third kappa shape index (κ3) is 3.56. The predicted octanol–water partition coefficient (Wildman–Crippen LogP) is 1.59. The minimum Gasteiger partial charge on any atom is -0.504 e. The Kier molecular flexibility index (Phi) is 6.88. The summed E-state index contributed by atoms with van der Waals surface area (Å²) in [6.07, 6.45) is 1.26. The average molecular weight is 248 g/mol. The van der Waals surface area contributed by atoms with Crippen LogP contribution in [0.2, 0.25) is 0 Å². The molecular formula is C11H18ClNO3. The number of hydrogen-bond acceptors (Lipinski definition) is 4. The molecule has 0 saturated carbocycles. The predicted molar refractivity (Wildman–Crippen MR) is 65.2 cm³/mol. The Labute approximate surface area is 101 Å². The van der Waals surface area contributed by atoms with Crippen LogP contribution in [-0.2, 0) is 0 Å². The average Bonchev–Trinajstić information content (AvgIpc) is 2.26. The smallest absolute Gasteiger partial charge is 0.162 e. The van der Waals surface area contributed by atoms with Gasteiger partial charge in [0, 0.05) is 18.2 Å². The minimum atomic E-state index is -0.271. The summed E-state index contributed by atoms with van der Waals surface area (Å²) in [5.74, 6) is 0.511. The van der Waals surface area contributed by atoms with Crippen molar-refractivity contribution in [3.63, 3.8) is 0 Å². The molecular weight excluding hydrogens is 230 g/mol. The molecule has 1 rings (SSSR count). The Bertz CT molecular complexity index is 320. The van der Waals surface area contributed by atoms with E-state index in [0.29, 0.717) is 24.2 Å². The number of phenols is 1. The molecule has 0 bridgehead atoms. The standard InChI is InChI=1S/C11H17NO3.ClH/c1-15-10-6-2-4-8(11(10)14)9(12)5-3-7-13;/h2,4,6,9,13-14H,3,5,7,12H2,1H3;1H/t9-;/m0./s1. The zero-order chi connectivity index (χ0) is 11.3. The molecule has 16 heavy (non-hydrogen) atoms. The number of aliphatic hydroxyl groups excluding tert-OH is 1. The molecule has 1 aromatic rings. The van der Waals surface area contributed by atoms with E-state index < -0.39 is 0 Å². The minimum absolute atomic E-state index is 0. The van der Waals surface area contributed by atoms with Crippen molar-refractivity contribution >= 4 is 12.4 Å². The van der Waals surface area contributed by atoms with Crippen molar-refractivity contribution < 1.29 is 14.9 Å². The molecule has 1 aromatic carbocycles. The monoisotopic (exact) mass is 247 g/mol. The molecule has 0 aliphatic carbocycles. The van der Waals surface area contributed by atoms with Gasteiger partial charge < -0.3 is 20.7 Å². The van der Waals surface area contributed by atoms with Gasteiger partial charge in [-0.1, -0.05) is 12.1 Å². The molecule has 0 aliphatic heterocycles. The van der Waals surface area contributed by atoms with Crippen LogP contribution in [0, 0.1) is 0 Å². The van der Waals surface area contributed by atoms with Gasteiger partial charge in [-0.3, -0.25) is 0 Å². The van der Waals surface area contributed by atoms with Crippen molar-refractivity contribution in [1.29, 1.82) is 0 Å². The van der Waals surface area contributed by atoms with Gasteiger partial charge in [-0.05, 0) is 18.9 Å². The largest absolute Gasteiger partial charge is 0.504 e. The lowest BCUT2D eigenvalue weighted by atomic mass is 10.0. The van der Waals surface area contributed by atoms with Crippen LogP contribution in [0.3, 0.4) is 0 Å². The van der Waals surface area contributed by atoms with Crippen molar-refractivity contribution in [2.24, 2.45) is 5.73 Å². The van der Waals surface area contributed by atoms with Crippen LogP contribution in [0.25, 0.3) is 0 Å². The van der Waals surface area contributed by atoms with Crippen LogP contribution in [0.1, 0.15) is 24.4 Å². The lowest BCUT2D eigenvalue weighted by molar-refractivity contribution is 0.279. The van der Waals surface area contributed by atoms with Gasteiger partial charge in [-0.25, -0.2) is 0 Å². The van der Waals surface area contributed by atoms with Crippen molar-refractivity contribution in [3.8, 4) is 11.5 Å². The highest BCUT2D eigenvalue weighted by molar-refractivity contribution is 5.85. The Morgan fingerprint density at radius 1 is 1.44 bits per heavy atom. The summed E-state index contributed by atoms with van der Waals surface area (Å²) in [6.45, 7) is 0.110. The van der Waals surface area contributed by atoms with Gasteiger partial charge in [0.1, 0.15) is 0 Å². The number of aromatic hydroxyl groups is 1. The molecule has 0 amide bonds. The van der Waals surface area contributed by atoms with Gasteiger partial charge in [0.05, 0.1) is 7.11 Å². The third-order valence-corrected chi connectivity index (χ3v) is 2.32. The quantitative estimate of drug-likeness (QED) is 0.739. The molecule has 5 heteroatoms. The zero-order valence-electron chi connectivity index (χ0n) is 9.22. The summed E-state index contributed by atoms with van der Waals surface area (Å²) in [5.41, 5.74) is 6.53. The maximum atomic E-state index is 9.79. The van der Waals surface area contributed by atoms with Crippen molar-refractivity contribution in [2.45, 2.75) is 18.9 Å². The molecule has 0 radical (unpaired) electrons. The Balaban J connectivity index is 0.00000225. The summed E-state index contributed by atoms with van der Waals surface area (Å²) >= 11 is 0. The molecule has 0 spiro atoms. The molecule has 1 atom stereocenters. The number of ether oxygens (including phenoxy) is 1. The van der Waals surface area contributed by atoms with E-state index in [1.54, 1.807) is 18.2 Å². The molecule has 92 valence electrons. The van der Waals surface area contributed by atoms with Gasteiger partial charge in [0.25, 0.3) is 0 Å². The van der Waals surface area contributed by atoms with E-state index in [-0.39, 0.29) is 30.8 Å². The molecule has 0 unspecified atom stereocenters. The second-order valence-electron chi connectivity index (χ2n) is 3.37. The van der Waals surface area contributed by atoms with Crippen LogP contribution in [0.15, 0.2) is 18.2 Å². The van der Waals surface area contributed by atoms with E-state index in [1.165, 1.54) is 7.11 Å². The third-order valence-electron chi connectivity index (χ3n) is 2.32. The lowest BCUT2D eigenvalue weighted by Gasteiger charge is -2.14. The molecule has 0 aromatic heterocycles. The van der Waals surface area contributed by atoms with Gasteiger partial charge >= 0.3 is 0 Å². The molecule has 0 aliphatic rings. The highest BCUT2D eigenvalue weighted by Crippen LogP contribution is 2.33.